The molecule has 2 N–H and O–H groups in total. The second-order valence-corrected chi connectivity index (χ2v) is 7.83. The molecule has 2 fully saturated rings. The Balaban J connectivity index is 1.60. The molecule has 1 aliphatic carbocycles. The quantitative estimate of drug-likeness (QED) is 0.813. The number of hydrogen-bond acceptors (Lipinski definition) is 3. The van der Waals surface area contributed by atoms with Gasteiger partial charge in [0, 0.05) is 19.6 Å². The van der Waals surface area contributed by atoms with Crippen LogP contribution in [0.1, 0.15) is 52.9 Å². The number of rotatable bonds is 5. The van der Waals surface area contributed by atoms with Crippen LogP contribution in [0.3, 0.4) is 0 Å². The molecular weight excluding hydrogens is 296 g/mol. The highest BCUT2D eigenvalue weighted by Gasteiger charge is 2.33. The van der Waals surface area contributed by atoms with Gasteiger partial charge >= 0.3 is 12.0 Å². The minimum Gasteiger partial charge on any atom is -0.481 e. The largest absolute Gasteiger partial charge is 0.481 e. The number of carbonyl (C=O) groups is 2. The third kappa shape index (κ3) is 5.68. The van der Waals surface area contributed by atoms with Crippen molar-refractivity contribution in [1.82, 2.24) is 10.2 Å². The molecule has 0 radical (unpaired) electrons. The number of carboxylic acid groups (broad SMARTS) is 1. The molecular formula is C17H30N2O4. The van der Waals surface area contributed by atoms with Crippen LogP contribution in [0.4, 0.5) is 4.79 Å². The van der Waals surface area contributed by atoms with Crippen LogP contribution in [0.5, 0.6) is 0 Å². The fraction of sp³-hybridized carbons (Fsp3) is 0.882. The van der Waals surface area contributed by atoms with Gasteiger partial charge in [-0.25, -0.2) is 4.79 Å². The highest BCUT2D eigenvalue weighted by molar-refractivity contribution is 5.76. The van der Waals surface area contributed by atoms with Crippen LogP contribution >= 0.6 is 0 Å². The Kier molecular flexibility index (Phi) is 5.89. The summed E-state index contributed by atoms with van der Waals surface area (Å²) in [7, 11) is 0. The van der Waals surface area contributed by atoms with Gasteiger partial charge in [-0.2, -0.15) is 0 Å². The van der Waals surface area contributed by atoms with Crippen molar-refractivity contribution >= 4 is 12.0 Å². The summed E-state index contributed by atoms with van der Waals surface area (Å²) in [6, 6.07) is -0.127. The summed E-state index contributed by atoms with van der Waals surface area (Å²) in [6.45, 7) is 7.85. The van der Waals surface area contributed by atoms with E-state index in [0.717, 1.165) is 25.7 Å². The second-order valence-electron chi connectivity index (χ2n) is 7.83. The van der Waals surface area contributed by atoms with Crippen LogP contribution in [-0.2, 0) is 9.53 Å². The predicted octanol–water partition coefficient (Wildman–Crippen LogP) is 2.48. The first-order valence-corrected chi connectivity index (χ1v) is 8.68. The lowest BCUT2D eigenvalue weighted by Crippen LogP contribution is -2.47. The molecule has 1 unspecified atom stereocenters. The van der Waals surface area contributed by atoms with Crippen LogP contribution in [-0.4, -0.2) is 53.3 Å². The number of ether oxygens (including phenoxy) is 1. The number of nitrogens with zero attached hydrogens (tertiary/aromatic N) is 1. The van der Waals surface area contributed by atoms with Crippen molar-refractivity contribution in [2.75, 3.05) is 19.6 Å². The van der Waals surface area contributed by atoms with Gasteiger partial charge in [0.2, 0.25) is 0 Å². The highest BCUT2D eigenvalue weighted by Crippen LogP contribution is 2.34. The average Bonchev–Trinajstić information content (AvgIpc) is 2.43. The topological polar surface area (TPSA) is 78.9 Å². The zero-order valence-electron chi connectivity index (χ0n) is 14.5. The summed E-state index contributed by atoms with van der Waals surface area (Å²) in [6.07, 6.45) is 4.88. The lowest BCUT2D eigenvalue weighted by molar-refractivity contribution is -0.143. The number of hydrogen-bond donors (Lipinski definition) is 2. The van der Waals surface area contributed by atoms with E-state index in [9.17, 15) is 9.59 Å². The molecule has 0 aromatic rings. The Morgan fingerprint density at radius 2 is 2.00 bits per heavy atom. The van der Waals surface area contributed by atoms with E-state index in [-0.39, 0.29) is 11.6 Å². The Morgan fingerprint density at radius 3 is 2.61 bits per heavy atom. The summed E-state index contributed by atoms with van der Waals surface area (Å²) in [5.74, 6) is -0.603. The van der Waals surface area contributed by atoms with Gasteiger partial charge in [0.25, 0.3) is 0 Å². The SMILES string of the molecule is CC(C)(C)OC1CC(CCNC(=O)N2CCCC(C(=O)O)C2)C1. The van der Waals surface area contributed by atoms with Crippen LogP contribution < -0.4 is 5.32 Å². The third-order valence-electron chi connectivity index (χ3n) is 4.60. The molecule has 0 spiro atoms. The lowest BCUT2D eigenvalue weighted by Gasteiger charge is -2.39. The molecule has 0 aromatic heterocycles. The molecule has 2 rings (SSSR count). The lowest BCUT2D eigenvalue weighted by atomic mass is 9.79. The number of aliphatic carboxylic acids is 1. The monoisotopic (exact) mass is 326 g/mol. The van der Waals surface area contributed by atoms with E-state index in [4.69, 9.17) is 9.84 Å². The van der Waals surface area contributed by atoms with E-state index in [0.29, 0.717) is 38.1 Å². The number of carboxylic acids is 1. The standard InChI is InChI=1S/C17H30N2O4/c1-17(2,3)23-14-9-12(10-14)6-7-18-16(22)19-8-4-5-13(11-19)15(20)21/h12-14H,4-11H2,1-3H3,(H,18,22)(H,20,21). The zero-order chi connectivity index (χ0) is 17.0. The predicted molar refractivity (Wildman–Crippen MR) is 87.3 cm³/mol. The number of carbonyl (C=O) groups excluding carboxylic acids is 1. The van der Waals surface area contributed by atoms with E-state index in [1.165, 1.54) is 0 Å². The van der Waals surface area contributed by atoms with Crippen molar-refractivity contribution in [2.24, 2.45) is 11.8 Å². The Bertz CT molecular complexity index is 427. The molecule has 0 aromatic carbocycles. The highest BCUT2D eigenvalue weighted by atomic mass is 16.5. The number of amides is 2. The van der Waals surface area contributed by atoms with Crippen molar-refractivity contribution in [3.63, 3.8) is 0 Å². The van der Waals surface area contributed by atoms with E-state index < -0.39 is 11.9 Å². The normalized spacial score (nSPS) is 28.1. The van der Waals surface area contributed by atoms with Gasteiger partial charge in [-0.1, -0.05) is 0 Å². The van der Waals surface area contributed by atoms with Gasteiger partial charge in [-0.3, -0.25) is 4.79 Å². The summed E-state index contributed by atoms with van der Waals surface area (Å²) >= 11 is 0. The molecule has 2 aliphatic rings. The first kappa shape index (κ1) is 18.0. The molecule has 132 valence electrons. The molecule has 2 amide bonds. The number of likely N-dealkylation sites (tertiary alicyclic amines) is 1. The smallest absolute Gasteiger partial charge is 0.317 e. The van der Waals surface area contributed by atoms with Crippen LogP contribution in [0.15, 0.2) is 0 Å². The number of nitrogens with one attached hydrogen (secondary N) is 1. The zero-order valence-corrected chi connectivity index (χ0v) is 14.5. The van der Waals surface area contributed by atoms with Gasteiger partial charge < -0.3 is 20.1 Å². The van der Waals surface area contributed by atoms with Crippen LogP contribution in [0.2, 0.25) is 0 Å². The maximum atomic E-state index is 12.1. The molecule has 1 atom stereocenters. The molecule has 1 aliphatic heterocycles. The molecule has 0 bridgehead atoms. The minimum absolute atomic E-state index is 0.0845. The molecule has 1 saturated heterocycles. The summed E-state index contributed by atoms with van der Waals surface area (Å²) in [5.41, 5.74) is -0.0845. The number of urea groups is 1. The maximum absolute atomic E-state index is 12.1. The van der Waals surface area contributed by atoms with Crippen molar-refractivity contribution in [1.29, 1.82) is 0 Å². The first-order chi connectivity index (χ1) is 10.7. The Morgan fingerprint density at radius 1 is 1.30 bits per heavy atom. The van der Waals surface area contributed by atoms with E-state index in [1.54, 1.807) is 4.90 Å². The number of piperidine rings is 1. The first-order valence-electron chi connectivity index (χ1n) is 8.68. The van der Waals surface area contributed by atoms with E-state index in [2.05, 4.69) is 26.1 Å². The fourth-order valence-electron chi connectivity index (χ4n) is 3.36. The Hall–Kier alpha value is -1.30. The molecule has 6 nitrogen and oxygen atoms in total. The van der Waals surface area contributed by atoms with Gasteiger partial charge in [0.15, 0.2) is 0 Å². The van der Waals surface area contributed by atoms with Gasteiger partial charge in [0.1, 0.15) is 0 Å². The van der Waals surface area contributed by atoms with Crippen LogP contribution in [0.25, 0.3) is 0 Å². The van der Waals surface area contributed by atoms with Crippen molar-refractivity contribution in [3.8, 4) is 0 Å². The van der Waals surface area contributed by atoms with Crippen molar-refractivity contribution in [3.05, 3.63) is 0 Å². The van der Waals surface area contributed by atoms with Gasteiger partial charge in [-0.15, -0.1) is 0 Å². The summed E-state index contributed by atoms with van der Waals surface area (Å²) in [5, 5.41) is 12.0. The Labute approximate surface area is 138 Å². The third-order valence-corrected chi connectivity index (χ3v) is 4.60. The minimum atomic E-state index is -0.804. The van der Waals surface area contributed by atoms with Crippen molar-refractivity contribution in [2.45, 2.75) is 64.6 Å². The van der Waals surface area contributed by atoms with E-state index >= 15 is 0 Å². The molecule has 1 heterocycles. The van der Waals surface area contributed by atoms with Crippen molar-refractivity contribution < 1.29 is 19.4 Å². The second kappa shape index (κ2) is 7.51. The summed E-state index contributed by atoms with van der Waals surface area (Å²) in [4.78, 5) is 24.8. The van der Waals surface area contributed by atoms with E-state index in [1.807, 2.05) is 0 Å². The molecule has 1 saturated carbocycles. The van der Waals surface area contributed by atoms with Gasteiger partial charge in [0.05, 0.1) is 17.6 Å². The molecule has 23 heavy (non-hydrogen) atoms. The maximum Gasteiger partial charge on any atom is 0.317 e. The molecule has 6 heteroatoms. The average molecular weight is 326 g/mol. The van der Waals surface area contributed by atoms with Gasteiger partial charge in [-0.05, 0) is 58.8 Å². The fourth-order valence-corrected chi connectivity index (χ4v) is 3.36. The summed E-state index contributed by atoms with van der Waals surface area (Å²) < 4.78 is 5.91. The van der Waals surface area contributed by atoms with Crippen LogP contribution in [0, 0.1) is 11.8 Å².